The molecule has 4 aromatic carbocycles. The Balaban J connectivity index is 1.62. The van der Waals surface area contributed by atoms with Gasteiger partial charge in [-0.05, 0) is 57.3 Å². The summed E-state index contributed by atoms with van der Waals surface area (Å²) in [7, 11) is 0. The Kier molecular flexibility index (Phi) is 5.42. The van der Waals surface area contributed by atoms with E-state index in [-0.39, 0.29) is 0 Å². The van der Waals surface area contributed by atoms with E-state index in [1.54, 1.807) is 0 Å². The van der Waals surface area contributed by atoms with Gasteiger partial charge in [-0.2, -0.15) is 0 Å². The van der Waals surface area contributed by atoms with E-state index < -0.39 is 0 Å². The maximum atomic E-state index is 4.13. The van der Waals surface area contributed by atoms with Crippen LogP contribution in [0, 0.1) is 0 Å². The summed E-state index contributed by atoms with van der Waals surface area (Å²) >= 11 is 0. The topological polar surface area (TPSA) is 4.93 Å². The van der Waals surface area contributed by atoms with Crippen LogP contribution in [0.25, 0.3) is 50.3 Å². The molecule has 0 radical (unpaired) electrons. The summed E-state index contributed by atoms with van der Waals surface area (Å²) < 4.78 is 2.22. The fourth-order valence-electron chi connectivity index (χ4n) is 4.72. The largest absolute Gasteiger partial charge is 0.316 e. The van der Waals surface area contributed by atoms with Gasteiger partial charge in [-0.1, -0.05) is 107 Å². The van der Waals surface area contributed by atoms with Crippen LogP contribution in [0.4, 0.5) is 0 Å². The van der Waals surface area contributed by atoms with Crippen LogP contribution in [0.1, 0.15) is 50.7 Å². The van der Waals surface area contributed by atoms with Crippen LogP contribution in [0.15, 0.2) is 91.5 Å². The summed E-state index contributed by atoms with van der Waals surface area (Å²) in [4.78, 5) is 0. The molecule has 0 unspecified atom stereocenters. The van der Waals surface area contributed by atoms with Gasteiger partial charge in [0.05, 0.1) is 11.0 Å². The minimum atomic E-state index is 0.542. The lowest BCUT2D eigenvalue weighted by molar-refractivity contribution is 0.867. The van der Waals surface area contributed by atoms with Crippen LogP contribution in [0.2, 0.25) is 0 Å². The van der Waals surface area contributed by atoms with Crippen LogP contribution >= 0.6 is 0 Å². The molecule has 0 aliphatic heterocycles. The fourth-order valence-corrected chi connectivity index (χ4v) is 4.72. The number of hydrogen-bond acceptors (Lipinski definition) is 0. The molecular formula is C32H31N. The standard InChI is InChI=1S/C32H31N/c1-6-33-31-19-27(25-11-7-23(8-12-25)21(2)3)15-17-29(31)30-18-16-28(20-32(30)33)26-13-9-24(10-14-26)22(4)5/h6-22H,1H2,2-5H3. The molecule has 0 bridgehead atoms. The number of aromatic nitrogens is 1. The van der Waals surface area contributed by atoms with Crippen molar-refractivity contribution in [3.05, 3.63) is 103 Å². The predicted molar refractivity (Wildman–Crippen MR) is 145 cm³/mol. The highest BCUT2D eigenvalue weighted by Crippen LogP contribution is 2.35. The van der Waals surface area contributed by atoms with E-state index in [0.29, 0.717) is 11.8 Å². The minimum absolute atomic E-state index is 0.542. The van der Waals surface area contributed by atoms with Gasteiger partial charge < -0.3 is 4.57 Å². The highest BCUT2D eigenvalue weighted by Gasteiger charge is 2.12. The number of hydrogen-bond donors (Lipinski definition) is 0. The molecule has 0 N–H and O–H groups in total. The molecule has 0 atom stereocenters. The fraction of sp³-hybridized carbons (Fsp3) is 0.188. The van der Waals surface area contributed by atoms with Gasteiger partial charge in [0.25, 0.3) is 0 Å². The van der Waals surface area contributed by atoms with Crippen molar-refractivity contribution in [2.75, 3.05) is 0 Å². The predicted octanol–water partition coefficient (Wildman–Crippen LogP) is 9.48. The number of rotatable bonds is 5. The smallest absolute Gasteiger partial charge is 0.0540 e. The average molecular weight is 430 g/mol. The maximum Gasteiger partial charge on any atom is 0.0540 e. The molecule has 0 fully saturated rings. The summed E-state index contributed by atoms with van der Waals surface area (Å²) in [5.74, 6) is 1.08. The molecule has 1 heterocycles. The van der Waals surface area contributed by atoms with E-state index in [1.807, 2.05) is 6.20 Å². The molecule has 164 valence electrons. The molecule has 5 rings (SSSR count). The minimum Gasteiger partial charge on any atom is -0.316 e. The zero-order chi connectivity index (χ0) is 23.1. The summed E-state index contributed by atoms with van der Waals surface area (Å²) in [6.07, 6.45) is 1.93. The van der Waals surface area contributed by atoms with Crippen molar-refractivity contribution in [3.63, 3.8) is 0 Å². The first-order valence-electron chi connectivity index (χ1n) is 11.9. The van der Waals surface area contributed by atoms with Gasteiger partial charge in [0.15, 0.2) is 0 Å². The van der Waals surface area contributed by atoms with Crippen molar-refractivity contribution in [1.29, 1.82) is 0 Å². The van der Waals surface area contributed by atoms with Crippen molar-refractivity contribution in [2.24, 2.45) is 0 Å². The first kappa shape index (κ1) is 21.3. The number of fused-ring (bicyclic) bond motifs is 3. The number of nitrogens with zero attached hydrogens (tertiary/aromatic N) is 1. The third kappa shape index (κ3) is 3.78. The van der Waals surface area contributed by atoms with E-state index in [9.17, 15) is 0 Å². The quantitative estimate of drug-likeness (QED) is 0.262. The second-order valence-corrected chi connectivity index (χ2v) is 9.57. The summed E-state index contributed by atoms with van der Waals surface area (Å²) in [5, 5.41) is 2.52. The zero-order valence-corrected chi connectivity index (χ0v) is 20.0. The van der Waals surface area contributed by atoms with Crippen molar-refractivity contribution in [1.82, 2.24) is 4.57 Å². The first-order valence-corrected chi connectivity index (χ1v) is 11.9. The Bertz CT molecular complexity index is 1340. The van der Waals surface area contributed by atoms with Crippen molar-refractivity contribution >= 4 is 28.0 Å². The molecule has 1 aromatic heterocycles. The lowest BCUT2D eigenvalue weighted by atomic mass is 9.97. The van der Waals surface area contributed by atoms with E-state index >= 15 is 0 Å². The normalized spacial score (nSPS) is 11.7. The Morgan fingerprint density at radius 2 is 0.909 bits per heavy atom. The highest BCUT2D eigenvalue weighted by molar-refractivity contribution is 6.11. The second-order valence-electron chi connectivity index (χ2n) is 9.57. The molecule has 33 heavy (non-hydrogen) atoms. The van der Waals surface area contributed by atoms with Crippen molar-refractivity contribution < 1.29 is 0 Å². The maximum absolute atomic E-state index is 4.13. The van der Waals surface area contributed by atoms with E-state index in [0.717, 1.165) is 0 Å². The van der Waals surface area contributed by atoms with Crippen LogP contribution in [-0.2, 0) is 0 Å². The molecule has 1 heteroatoms. The van der Waals surface area contributed by atoms with Gasteiger partial charge in [0.2, 0.25) is 0 Å². The van der Waals surface area contributed by atoms with Gasteiger partial charge >= 0.3 is 0 Å². The van der Waals surface area contributed by atoms with E-state index in [2.05, 4.69) is 124 Å². The molecule has 5 aromatic rings. The van der Waals surface area contributed by atoms with Crippen LogP contribution in [0.5, 0.6) is 0 Å². The summed E-state index contributed by atoms with van der Waals surface area (Å²) in [5.41, 5.74) is 10.1. The monoisotopic (exact) mass is 429 g/mol. The molecule has 0 amide bonds. The van der Waals surface area contributed by atoms with E-state index in [4.69, 9.17) is 0 Å². The Morgan fingerprint density at radius 1 is 0.545 bits per heavy atom. The molecular weight excluding hydrogens is 398 g/mol. The lowest BCUT2D eigenvalue weighted by Crippen LogP contribution is -1.88. The highest BCUT2D eigenvalue weighted by atomic mass is 14.9. The van der Waals surface area contributed by atoms with Crippen LogP contribution in [-0.4, -0.2) is 4.57 Å². The third-order valence-corrected chi connectivity index (χ3v) is 6.81. The lowest BCUT2D eigenvalue weighted by Gasteiger charge is -2.08. The Labute approximate surface area is 197 Å². The first-order chi connectivity index (χ1) is 16.0. The Morgan fingerprint density at radius 3 is 1.24 bits per heavy atom. The van der Waals surface area contributed by atoms with Crippen molar-refractivity contribution in [3.8, 4) is 22.3 Å². The average Bonchev–Trinajstić information content (AvgIpc) is 3.16. The Hall–Kier alpha value is -3.58. The molecule has 0 aliphatic rings. The summed E-state index contributed by atoms with van der Waals surface area (Å²) in [6.45, 7) is 13.1. The zero-order valence-electron chi connectivity index (χ0n) is 20.0. The molecule has 0 spiro atoms. The molecule has 1 nitrogen and oxygen atoms in total. The molecule has 0 saturated carbocycles. The summed E-state index contributed by atoms with van der Waals surface area (Å²) in [6, 6.07) is 31.4. The van der Waals surface area contributed by atoms with Gasteiger partial charge in [-0.25, -0.2) is 0 Å². The van der Waals surface area contributed by atoms with Crippen LogP contribution in [0.3, 0.4) is 0 Å². The van der Waals surface area contributed by atoms with Gasteiger partial charge in [0, 0.05) is 17.0 Å². The number of benzene rings is 4. The van der Waals surface area contributed by atoms with E-state index in [1.165, 1.54) is 55.2 Å². The SMILES string of the molecule is C=Cn1c2cc(-c3ccc(C(C)C)cc3)ccc2c2ccc(-c3ccc(C(C)C)cc3)cc21. The third-order valence-electron chi connectivity index (χ3n) is 6.81. The van der Waals surface area contributed by atoms with Gasteiger partial charge in [-0.15, -0.1) is 0 Å². The van der Waals surface area contributed by atoms with Gasteiger partial charge in [0.1, 0.15) is 0 Å². The van der Waals surface area contributed by atoms with Crippen molar-refractivity contribution in [2.45, 2.75) is 39.5 Å². The van der Waals surface area contributed by atoms with Crippen LogP contribution < -0.4 is 0 Å². The second kappa shape index (κ2) is 8.41. The molecule has 0 saturated heterocycles. The van der Waals surface area contributed by atoms with Gasteiger partial charge in [-0.3, -0.25) is 0 Å². The molecule has 0 aliphatic carbocycles.